The van der Waals surface area contributed by atoms with E-state index in [1.165, 1.54) is 6.20 Å². The second-order valence-corrected chi connectivity index (χ2v) is 6.74. The van der Waals surface area contributed by atoms with Crippen LogP contribution in [0.5, 0.6) is 0 Å². The Hall–Kier alpha value is -0.720. The molecule has 102 valence electrons. The average Bonchev–Trinajstić information content (AvgIpc) is 3.11. The molecule has 1 aromatic rings. The number of rotatable bonds is 5. The first-order valence-corrected chi connectivity index (χ1v) is 7.52. The van der Waals surface area contributed by atoms with Crippen molar-refractivity contribution in [3.05, 3.63) is 23.8 Å². The zero-order valence-electron chi connectivity index (χ0n) is 10.2. The number of nitrogens with two attached hydrogens (primary N) is 1. The van der Waals surface area contributed by atoms with Gasteiger partial charge in [-0.2, -0.15) is 0 Å². The third kappa shape index (κ3) is 3.63. The molecule has 1 aliphatic rings. The van der Waals surface area contributed by atoms with Crippen LogP contribution in [0.2, 0.25) is 0 Å². The van der Waals surface area contributed by atoms with E-state index in [-0.39, 0.29) is 29.5 Å². The van der Waals surface area contributed by atoms with Crippen molar-refractivity contribution < 1.29 is 8.42 Å². The molecule has 1 saturated carbocycles. The molecule has 1 fully saturated rings. The topological polar surface area (TPSA) is 85.9 Å². The molecule has 18 heavy (non-hydrogen) atoms. The summed E-state index contributed by atoms with van der Waals surface area (Å²) >= 11 is 0. The van der Waals surface area contributed by atoms with Crippen LogP contribution in [-0.4, -0.2) is 23.6 Å². The van der Waals surface area contributed by atoms with Gasteiger partial charge in [0.05, 0.1) is 22.4 Å². The molecule has 0 radical (unpaired) electrons. The van der Waals surface area contributed by atoms with Crippen LogP contribution in [0.1, 0.15) is 43.6 Å². The smallest absolute Gasteiger partial charge is 0.158 e. The summed E-state index contributed by atoms with van der Waals surface area (Å²) in [5.41, 5.74) is 7.01. The fourth-order valence-corrected chi connectivity index (χ4v) is 3.27. The van der Waals surface area contributed by atoms with Crippen LogP contribution in [0.15, 0.2) is 12.4 Å². The summed E-state index contributed by atoms with van der Waals surface area (Å²) in [6.45, 7) is 1.96. The summed E-state index contributed by atoms with van der Waals surface area (Å²) in [6, 6.07) is -0.175. The van der Waals surface area contributed by atoms with E-state index in [1.54, 1.807) is 6.20 Å². The Morgan fingerprint density at radius 1 is 1.44 bits per heavy atom. The largest absolute Gasteiger partial charge is 0.323 e. The molecule has 7 heteroatoms. The molecule has 5 nitrogen and oxygen atoms in total. The zero-order valence-corrected chi connectivity index (χ0v) is 11.9. The Balaban J connectivity index is 0.00000162. The van der Waals surface area contributed by atoms with E-state index < -0.39 is 9.84 Å². The van der Waals surface area contributed by atoms with Crippen molar-refractivity contribution in [2.45, 2.75) is 43.2 Å². The van der Waals surface area contributed by atoms with Gasteiger partial charge in [0.2, 0.25) is 0 Å². The number of hydrogen-bond donors (Lipinski definition) is 1. The van der Waals surface area contributed by atoms with Crippen LogP contribution in [-0.2, 0) is 15.6 Å². The standard InChI is InChI=1S/C11H17N3O2S.ClH/c1-2-10(12)11-6-13-5-8(14-11)7-17(15,16)9-3-4-9;/h5-6,9-10H,2-4,7,12H2,1H3;1H. The maximum absolute atomic E-state index is 11.8. The zero-order chi connectivity index (χ0) is 12.5. The average molecular weight is 292 g/mol. The number of hydrogen-bond acceptors (Lipinski definition) is 5. The van der Waals surface area contributed by atoms with E-state index in [4.69, 9.17) is 5.73 Å². The minimum atomic E-state index is -3.03. The van der Waals surface area contributed by atoms with Gasteiger partial charge < -0.3 is 5.73 Å². The highest BCUT2D eigenvalue weighted by molar-refractivity contribution is 7.91. The van der Waals surface area contributed by atoms with Gasteiger partial charge >= 0.3 is 0 Å². The van der Waals surface area contributed by atoms with Crippen molar-refractivity contribution in [3.63, 3.8) is 0 Å². The molecule has 0 aromatic carbocycles. The minimum absolute atomic E-state index is 0. The second kappa shape index (κ2) is 5.95. The number of aromatic nitrogens is 2. The molecule has 2 N–H and O–H groups in total. The van der Waals surface area contributed by atoms with E-state index in [1.807, 2.05) is 6.92 Å². The maximum atomic E-state index is 11.8. The quantitative estimate of drug-likeness (QED) is 0.886. The first kappa shape index (κ1) is 15.3. The van der Waals surface area contributed by atoms with E-state index in [2.05, 4.69) is 9.97 Å². The molecule has 1 aliphatic carbocycles. The number of sulfone groups is 1. The molecule has 0 spiro atoms. The third-order valence-corrected chi connectivity index (χ3v) is 5.09. The minimum Gasteiger partial charge on any atom is -0.323 e. The van der Waals surface area contributed by atoms with Gasteiger partial charge in [0.1, 0.15) is 0 Å². The van der Waals surface area contributed by atoms with Crippen molar-refractivity contribution in [1.29, 1.82) is 0 Å². The van der Waals surface area contributed by atoms with Crippen molar-refractivity contribution in [2.24, 2.45) is 5.73 Å². The normalized spacial score (nSPS) is 17.0. The Kier molecular flexibility index (Phi) is 5.07. The SMILES string of the molecule is CCC(N)c1cncc(CS(=O)(=O)C2CC2)n1.Cl. The van der Waals surface area contributed by atoms with E-state index in [0.29, 0.717) is 11.4 Å². The molecular formula is C11H18ClN3O2S. The van der Waals surface area contributed by atoms with Gasteiger partial charge in [-0.15, -0.1) is 12.4 Å². The Bertz CT molecular complexity index is 503. The molecule has 1 atom stereocenters. The van der Waals surface area contributed by atoms with Crippen LogP contribution in [0, 0.1) is 0 Å². The van der Waals surface area contributed by atoms with Gasteiger partial charge in [-0.3, -0.25) is 9.97 Å². The summed E-state index contributed by atoms with van der Waals surface area (Å²) in [4.78, 5) is 8.28. The van der Waals surface area contributed by atoms with Crippen molar-refractivity contribution in [1.82, 2.24) is 9.97 Å². The second-order valence-electron chi connectivity index (χ2n) is 4.46. The lowest BCUT2D eigenvalue weighted by atomic mass is 10.2. The summed E-state index contributed by atoms with van der Waals surface area (Å²) in [5, 5.41) is -0.159. The van der Waals surface area contributed by atoms with Gasteiger partial charge in [-0.25, -0.2) is 8.42 Å². The molecule has 0 amide bonds. The van der Waals surface area contributed by atoms with Crippen molar-refractivity contribution in [2.75, 3.05) is 0 Å². The van der Waals surface area contributed by atoms with Crippen LogP contribution in [0.25, 0.3) is 0 Å². The highest BCUT2D eigenvalue weighted by Crippen LogP contribution is 2.30. The highest BCUT2D eigenvalue weighted by atomic mass is 35.5. The molecule has 1 unspecified atom stereocenters. The van der Waals surface area contributed by atoms with Crippen LogP contribution in [0.4, 0.5) is 0 Å². The molecule has 0 aliphatic heterocycles. The first-order valence-electron chi connectivity index (χ1n) is 5.81. The first-order chi connectivity index (χ1) is 8.03. The van der Waals surface area contributed by atoms with Crippen LogP contribution in [0.3, 0.4) is 0 Å². The Labute approximate surface area is 114 Å². The predicted octanol–water partition coefficient (Wildman–Crippen LogP) is 1.39. The van der Waals surface area contributed by atoms with E-state index in [9.17, 15) is 8.42 Å². The van der Waals surface area contributed by atoms with Crippen LogP contribution < -0.4 is 5.73 Å². The maximum Gasteiger partial charge on any atom is 0.158 e. The molecule has 0 saturated heterocycles. The summed E-state index contributed by atoms with van der Waals surface area (Å²) < 4.78 is 23.6. The van der Waals surface area contributed by atoms with Gasteiger partial charge in [-0.05, 0) is 19.3 Å². The monoisotopic (exact) mass is 291 g/mol. The highest BCUT2D eigenvalue weighted by Gasteiger charge is 2.35. The van der Waals surface area contributed by atoms with Gasteiger partial charge in [0.25, 0.3) is 0 Å². The molecule has 0 bridgehead atoms. The fourth-order valence-electron chi connectivity index (χ4n) is 1.63. The lowest BCUT2D eigenvalue weighted by Crippen LogP contribution is -2.15. The summed E-state index contributed by atoms with van der Waals surface area (Å²) in [7, 11) is -3.03. The number of halogens is 1. The van der Waals surface area contributed by atoms with Gasteiger partial charge in [0, 0.05) is 18.4 Å². The summed E-state index contributed by atoms with van der Waals surface area (Å²) in [6.07, 6.45) is 5.43. The summed E-state index contributed by atoms with van der Waals surface area (Å²) in [5.74, 6) is -0.0189. The van der Waals surface area contributed by atoms with E-state index >= 15 is 0 Å². The molecular weight excluding hydrogens is 274 g/mol. The molecule has 1 heterocycles. The Morgan fingerprint density at radius 3 is 2.67 bits per heavy atom. The van der Waals surface area contributed by atoms with Crippen molar-refractivity contribution in [3.8, 4) is 0 Å². The van der Waals surface area contributed by atoms with Gasteiger partial charge in [-0.1, -0.05) is 6.92 Å². The van der Waals surface area contributed by atoms with Crippen molar-refractivity contribution >= 4 is 22.2 Å². The third-order valence-electron chi connectivity index (χ3n) is 2.90. The van der Waals surface area contributed by atoms with Crippen LogP contribution >= 0.6 is 12.4 Å². The lowest BCUT2D eigenvalue weighted by Gasteiger charge is -2.09. The Morgan fingerprint density at radius 2 is 2.11 bits per heavy atom. The molecule has 2 rings (SSSR count). The molecule has 1 aromatic heterocycles. The number of nitrogens with zero attached hydrogens (tertiary/aromatic N) is 2. The van der Waals surface area contributed by atoms with E-state index in [0.717, 1.165) is 19.3 Å². The lowest BCUT2D eigenvalue weighted by molar-refractivity contribution is 0.592. The fraction of sp³-hybridized carbons (Fsp3) is 0.636. The van der Waals surface area contributed by atoms with Gasteiger partial charge in [0.15, 0.2) is 9.84 Å². The predicted molar refractivity (Wildman–Crippen MR) is 72.1 cm³/mol.